The first-order valence-corrected chi connectivity index (χ1v) is 3.47. The largest absolute Gasteiger partial charge is 0.481 e. The Morgan fingerprint density at radius 2 is 2.40 bits per heavy atom. The molecule has 0 radical (unpaired) electrons. The van der Waals surface area contributed by atoms with Crippen LogP contribution in [0.3, 0.4) is 0 Å². The standard InChI is InChI=1S/C7H12O3/c1-10-4-5-2-3-6(5)7(8)9/h5-6H,2-4H2,1H3,(H,8,9)/t5-,6-/m0/s1. The molecule has 2 atom stereocenters. The highest BCUT2D eigenvalue weighted by Crippen LogP contribution is 2.34. The zero-order valence-corrected chi connectivity index (χ0v) is 6.04. The van der Waals surface area contributed by atoms with Gasteiger partial charge in [0.1, 0.15) is 0 Å². The molecule has 0 bridgehead atoms. The topological polar surface area (TPSA) is 46.5 Å². The van der Waals surface area contributed by atoms with Gasteiger partial charge >= 0.3 is 5.97 Å². The quantitative estimate of drug-likeness (QED) is 0.635. The van der Waals surface area contributed by atoms with Crippen molar-refractivity contribution >= 4 is 5.97 Å². The Labute approximate surface area is 60.0 Å². The predicted molar refractivity (Wildman–Crippen MR) is 35.7 cm³/mol. The summed E-state index contributed by atoms with van der Waals surface area (Å²) in [5, 5.41) is 8.57. The lowest BCUT2D eigenvalue weighted by Crippen LogP contribution is -2.35. The maximum absolute atomic E-state index is 10.4. The summed E-state index contributed by atoms with van der Waals surface area (Å²) >= 11 is 0. The van der Waals surface area contributed by atoms with Crippen LogP contribution in [0.25, 0.3) is 0 Å². The van der Waals surface area contributed by atoms with E-state index in [1.807, 2.05) is 0 Å². The summed E-state index contributed by atoms with van der Waals surface area (Å²) in [6, 6.07) is 0. The minimum absolute atomic E-state index is 0.139. The normalized spacial score (nSPS) is 31.3. The van der Waals surface area contributed by atoms with Gasteiger partial charge in [-0.2, -0.15) is 0 Å². The molecular formula is C7H12O3. The van der Waals surface area contributed by atoms with Gasteiger partial charge < -0.3 is 9.84 Å². The van der Waals surface area contributed by atoms with Crippen LogP contribution in [0.15, 0.2) is 0 Å². The summed E-state index contributed by atoms with van der Waals surface area (Å²) < 4.78 is 4.86. The SMILES string of the molecule is COC[C@@H]1CC[C@@H]1C(=O)O. The van der Waals surface area contributed by atoms with E-state index in [1.165, 1.54) is 0 Å². The third-order valence-electron chi connectivity index (χ3n) is 2.12. The Morgan fingerprint density at radius 3 is 2.70 bits per heavy atom. The predicted octanol–water partition coefficient (Wildman–Crippen LogP) is 0.744. The van der Waals surface area contributed by atoms with Gasteiger partial charge in [0.05, 0.1) is 5.92 Å². The van der Waals surface area contributed by atoms with Crippen molar-refractivity contribution in [3.8, 4) is 0 Å². The lowest BCUT2D eigenvalue weighted by atomic mass is 9.74. The molecule has 10 heavy (non-hydrogen) atoms. The van der Waals surface area contributed by atoms with Crippen molar-refractivity contribution in [2.24, 2.45) is 11.8 Å². The summed E-state index contributed by atoms with van der Waals surface area (Å²) in [5.74, 6) is -0.546. The maximum atomic E-state index is 10.4. The van der Waals surface area contributed by atoms with Crippen molar-refractivity contribution < 1.29 is 14.6 Å². The minimum atomic E-state index is -0.673. The van der Waals surface area contributed by atoms with E-state index in [4.69, 9.17) is 9.84 Å². The van der Waals surface area contributed by atoms with Gasteiger partial charge in [-0.05, 0) is 18.8 Å². The molecule has 3 heteroatoms. The molecular weight excluding hydrogens is 132 g/mol. The number of methoxy groups -OCH3 is 1. The first-order chi connectivity index (χ1) is 4.75. The Bertz CT molecular complexity index is 133. The highest BCUT2D eigenvalue weighted by Gasteiger charge is 2.36. The van der Waals surface area contributed by atoms with Crippen molar-refractivity contribution in [1.29, 1.82) is 0 Å². The van der Waals surface area contributed by atoms with Gasteiger partial charge in [-0.15, -0.1) is 0 Å². The molecule has 0 aromatic rings. The van der Waals surface area contributed by atoms with Crippen LogP contribution in [0, 0.1) is 11.8 Å². The molecule has 0 aliphatic heterocycles. The molecule has 0 aromatic carbocycles. The van der Waals surface area contributed by atoms with Gasteiger partial charge in [0.15, 0.2) is 0 Å². The van der Waals surface area contributed by atoms with Gasteiger partial charge in [-0.25, -0.2) is 0 Å². The number of hydrogen-bond donors (Lipinski definition) is 1. The van der Waals surface area contributed by atoms with Crippen molar-refractivity contribution in [2.45, 2.75) is 12.8 Å². The number of ether oxygens (including phenoxy) is 1. The molecule has 0 heterocycles. The zero-order chi connectivity index (χ0) is 7.56. The van der Waals surface area contributed by atoms with Crippen LogP contribution in [-0.4, -0.2) is 24.8 Å². The molecule has 1 fully saturated rings. The van der Waals surface area contributed by atoms with Crippen LogP contribution in [0.1, 0.15) is 12.8 Å². The number of hydrogen-bond acceptors (Lipinski definition) is 2. The van der Waals surface area contributed by atoms with Crippen LogP contribution >= 0.6 is 0 Å². The van der Waals surface area contributed by atoms with E-state index >= 15 is 0 Å². The van der Waals surface area contributed by atoms with Crippen LogP contribution in [0.2, 0.25) is 0 Å². The Hall–Kier alpha value is -0.570. The highest BCUT2D eigenvalue weighted by atomic mass is 16.5. The minimum Gasteiger partial charge on any atom is -0.481 e. The highest BCUT2D eigenvalue weighted by molar-refractivity contribution is 5.71. The van der Waals surface area contributed by atoms with E-state index in [-0.39, 0.29) is 11.8 Å². The summed E-state index contributed by atoms with van der Waals surface area (Å²) in [6.07, 6.45) is 1.83. The molecule has 1 saturated carbocycles. The third kappa shape index (κ3) is 1.29. The molecule has 0 unspecified atom stereocenters. The second kappa shape index (κ2) is 3.01. The average molecular weight is 144 g/mol. The van der Waals surface area contributed by atoms with E-state index in [0.717, 1.165) is 12.8 Å². The monoisotopic (exact) mass is 144 g/mol. The second-order valence-electron chi connectivity index (χ2n) is 2.74. The molecule has 0 aromatic heterocycles. The average Bonchev–Trinajstić information content (AvgIpc) is 1.78. The van der Waals surface area contributed by atoms with Crippen LogP contribution in [-0.2, 0) is 9.53 Å². The second-order valence-corrected chi connectivity index (χ2v) is 2.74. The van der Waals surface area contributed by atoms with Crippen molar-refractivity contribution in [3.05, 3.63) is 0 Å². The molecule has 1 aliphatic carbocycles. The number of carboxylic acid groups (broad SMARTS) is 1. The van der Waals surface area contributed by atoms with Crippen LogP contribution < -0.4 is 0 Å². The summed E-state index contributed by atoms with van der Waals surface area (Å²) in [4.78, 5) is 10.4. The first kappa shape index (κ1) is 7.54. The van der Waals surface area contributed by atoms with Gasteiger partial charge in [0, 0.05) is 13.7 Å². The molecule has 3 nitrogen and oxygen atoms in total. The van der Waals surface area contributed by atoms with Crippen molar-refractivity contribution in [2.75, 3.05) is 13.7 Å². The fourth-order valence-corrected chi connectivity index (χ4v) is 1.31. The van der Waals surface area contributed by atoms with Crippen molar-refractivity contribution in [1.82, 2.24) is 0 Å². The molecule has 1 N–H and O–H groups in total. The molecule has 0 spiro atoms. The molecule has 1 aliphatic rings. The molecule has 58 valence electrons. The maximum Gasteiger partial charge on any atom is 0.306 e. The first-order valence-electron chi connectivity index (χ1n) is 3.47. The fraction of sp³-hybridized carbons (Fsp3) is 0.857. The number of rotatable bonds is 3. The Morgan fingerprint density at radius 1 is 1.70 bits per heavy atom. The van der Waals surface area contributed by atoms with Gasteiger partial charge in [0.2, 0.25) is 0 Å². The van der Waals surface area contributed by atoms with Gasteiger partial charge in [-0.3, -0.25) is 4.79 Å². The lowest BCUT2D eigenvalue weighted by molar-refractivity contribution is -0.149. The number of aliphatic carboxylic acids is 1. The van der Waals surface area contributed by atoms with E-state index in [0.29, 0.717) is 6.61 Å². The van der Waals surface area contributed by atoms with Gasteiger partial charge in [0.25, 0.3) is 0 Å². The zero-order valence-electron chi connectivity index (χ0n) is 6.04. The molecule has 0 amide bonds. The van der Waals surface area contributed by atoms with E-state index in [1.54, 1.807) is 7.11 Å². The van der Waals surface area contributed by atoms with Crippen LogP contribution in [0.4, 0.5) is 0 Å². The van der Waals surface area contributed by atoms with E-state index in [9.17, 15) is 4.79 Å². The Balaban J connectivity index is 2.28. The summed E-state index contributed by atoms with van der Waals surface area (Å²) in [5.41, 5.74) is 0. The molecule has 0 saturated heterocycles. The van der Waals surface area contributed by atoms with Crippen molar-refractivity contribution in [3.63, 3.8) is 0 Å². The fourth-order valence-electron chi connectivity index (χ4n) is 1.31. The smallest absolute Gasteiger partial charge is 0.306 e. The van der Waals surface area contributed by atoms with Crippen LogP contribution in [0.5, 0.6) is 0 Å². The van der Waals surface area contributed by atoms with Gasteiger partial charge in [-0.1, -0.05) is 0 Å². The third-order valence-corrected chi connectivity index (χ3v) is 2.12. The number of carbonyl (C=O) groups is 1. The number of carboxylic acids is 1. The Kier molecular flexibility index (Phi) is 2.27. The summed E-state index contributed by atoms with van der Waals surface area (Å²) in [6.45, 7) is 0.594. The molecule has 1 rings (SSSR count). The van der Waals surface area contributed by atoms with E-state index < -0.39 is 5.97 Å². The lowest BCUT2D eigenvalue weighted by Gasteiger charge is -2.32. The van der Waals surface area contributed by atoms with E-state index in [2.05, 4.69) is 0 Å². The summed E-state index contributed by atoms with van der Waals surface area (Å²) in [7, 11) is 1.61.